The third kappa shape index (κ3) is 5.83. The maximum Gasteiger partial charge on any atom is 0.363 e. The average molecular weight is 588 g/mol. The summed E-state index contributed by atoms with van der Waals surface area (Å²) in [6.45, 7) is 2.40. The van der Waals surface area contributed by atoms with Crippen molar-refractivity contribution in [2.45, 2.75) is 13.5 Å². The van der Waals surface area contributed by atoms with Crippen LogP contribution in [-0.2, 0) is 16.1 Å². The largest absolute Gasteiger partial charge is 0.490 e. The molecule has 0 N–H and O–H groups in total. The van der Waals surface area contributed by atoms with Gasteiger partial charge in [-0.05, 0) is 89.2 Å². The highest BCUT2D eigenvalue weighted by Gasteiger charge is 2.25. The molecule has 1 aliphatic rings. The van der Waals surface area contributed by atoms with E-state index in [0.717, 1.165) is 9.13 Å². The summed E-state index contributed by atoms with van der Waals surface area (Å²) in [6.07, 6.45) is 1.55. The van der Waals surface area contributed by atoms with E-state index in [0.29, 0.717) is 29.2 Å². The van der Waals surface area contributed by atoms with Crippen molar-refractivity contribution in [1.29, 1.82) is 0 Å². The van der Waals surface area contributed by atoms with Crippen LogP contribution in [0.1, 0.15) is 23.6 Å². The van der Waals surface area contributed by atoms with Gasteiger partial charge in [-0.3, -0.25) is 10.1 Å². The van der Waals surface area contributed by atoms with Crippen molar-refractivity contribution < 1.29 is 28.3 Å². The van der Waals surface area contributed by atoms with Gasteiger partial charge in [-0.25, -0.2) is 14.2 Å². The molecule has 1 aliphatic heterocycles. The van der Waals surface area contributed by atoms with Crippen molar-refractivity contribution >= 4 is 46.2 Å². The molecule has 8 nitrogen and oxygen atoms in total. The second-order valence-electron chi connectivity index (χ2n) is 7.32. The zero-order valence-electron chi connectivity index (χ0n) is 18.4. The topological polar surface area (TPSA) is 100 Å². The first-order chi connectivity index (χ1) is 16.8. The van der Waals surface area contributed by atoms with Gasteiger partial charge in [0.25, 0.3) is 5.69 Å². The zero-order valence-corrected chi connectivity index (χ0v) is 20.5. The molecule has 0 saturated carbocycles. The van der Waals surface area contributed by atoms with Crippen molar-refractivity contribution in [2.24, 2.45) is 4.99 Å². The van der Waals surface area contributed by atoms with Crippen LogP contribution in [0, 0.1) is 19.5 Å². The molecule has 10 heteroatoms. The normalized spacial score (nSPS) is 14.0. The Bertz CT molecular complexity index is 1350. The van der Waals surface area contributed by atoms with E-state index in [1.165, 1.54) is 30.3 Å². The molecule has 0 spiro atoms. The smallest absolute Gasteiger partial charge is 0.363 e. The van der Waals surface area contributed by atoms with Crippen molar-refractivity contribution in [3.63, 3.8) is 0 Å². The Morgan fingerprint density at radius 3 is 2.60 bits per heavy atom. The molecule has 0 bridgehead atoms. The summed E-state index contributed by atoms with van der Waals surface area (Å²) in [7, 11) is 0. The lowest BCUT2D eigenvalue weighted by molar-refractivity contribution is -0.384. The van der Waals surface area contributed by atoms with Crippen LogP contribution in [0.5, 0.6) is 11.5 Å². The van der Waals surface area contributed by atoms with Gasteiger partial charge in [0.15, 0.2) is 17.2 Å². The number of cyclic esters (lactones) is 1. The van der Waals surface area contributed by atoms with Gasteiger partial charge in [0.05, 0.1) is 15.1 Å². The zero-order chi connectivity index (χ0) is 24.9. The molecular formula is C25H18FIN2O6. The third-order valence-corrected chi connectivity index (χ3v) is 5.66. The molecule has 0 atom stereocenters. The van der Waals surface area contributed by atoms with Crippen molar-refractivity contribution in [1.82, 2.24) is 0 Å². The molecule has 0 fully saturated rings. The van der Waals surface area contributed by atoms with Gasteiger partial charge in [-0.1, -0.05) is 6.07 Å². The maximum atomic E-state index is 13.5. The number of benzene rings is 3. The van der Waals surface area contributed by atoms with Crippen LogP contribution < -0.4 is 9.47 Å². The average Bonchev–Trinajstić information content (AvgIpc) is 3.19. The number of non-ortho nitro benzene ring substituents is 1. The number of aliphatic imine (C=N–C) groups is 1. The number of hydrogen-bond acceptors (Lipinski definition) is 7. The van der Waals surface area contributed by atoms with Crippen LogP contribution >= 0.6 is 22.6 Å². The van der Waals surface area contributed by atoms with Crippen LogP contribution in [0.25, 0.3) is 6.08 Å². The number of halogens is 2. The number of carbonyl (C=O) groups excluding carboxylic acids is 1. The van der Waals surface area contributed by atoms with Gasteiger partial charge in [0.2, 0.25) is 5.90 Å². The number of rotatable bonds is 8. The van der Waals surface area contributed by atoms with Gasteiger partial charge >= 0.3 is 5.97 Å². The number of esters is 1. The van der Waals surface area contributed by atoms with E-state index in [2.05, 4.69) is 27.6 Å². The predicted octanol–water partition coefficient (Wildman–Crippen LogP) is 5.66. The van der Waals surface area contributed by atoms with E-state index in [-0.39, 0.29) is 23.9 Å². The SMILES string of the molecule is CCOc1cc(/C=C2\N=C(c3cccc(F)c3)OC2=O)cc(I)c1OCc1ccc([N+](=O)[O-])cc1. The van der Waals surface area contributed by atoms with Crippen LogP contribution in [0.4, 0.5) is 10.1 Å². The summed E-state index contributed by atoms with van der Waals surface area (Å²) in [6, 6.07) is 15.2. The van der Waals surface area contributed by atoms with Gasteiger partial charge < -0.3 is 14.2 Å². The fourth-order valence-electron chi connectivity index (χ4n) is 3.26. The highest BCUT2D eigenvalue weighted by molar-refractivity contribution is 14.1. The van der Waals surface area contributed by atoms with Crippen molar-refractivity contribution in [2.75, 3.05) is 6.61 Å². The molecular weight excluding hydrogens is 570 g/mol. The van der Waals surface area contributed by atoms with Gasteiger partial charge in [0.1, 0.15) is 12.4 Å². The summed E-state index contributed by atoms with van der Waals surface area (Å²) in [5.41, 5.74) is 1.83. The van der Waals surface area contributed by atoms with Crippen molar-refractivity contribution in [3.05, 3.63) is 103 Å². The number of nitro benzene ring substituents is 1. The second-order valence-corrected chi connectivity index (χ2v) is 8.48. The minimum absolute atomic E-state index is 0.00406. The van der Waals surface area contributed by atoms with Crippen LogP contribution in [-0.4, -0.2) is 23.4 Å². The molecule has 0 aliphatic carbocycles. The molecule has 1 heterocycles. The number of ether oxygens (including phenoxy) is 3. The maximum absolute atomic E-state index is 13.5. The summed E-state index contributed by atoms with van der Waals surface area (Å²) in [4.78, 5) is 26.9. The van der Waals surface area contributed by atoms with Crippen LogP contribution in [0.2, 0.25) is 0 Å². The molecule has 0 amide bonds. The van der Waals surface area contributed by atoms with E-state index >= 15 is 0 Å². The molecule has 0 aromatic heterocycles. The number of nitro groups is 1. The fraction of sp³-hybridized carbons (Fsp3) is 0.120. The number of hydrogen-bond donors (Lipinski definition) is 0. The molecule has 35 heavy (non-hydrogen) atoms. The molecule has 3 aromatic rings. The van der Waals surface area contributed by atoms with E-state index < -0.39 is 16.7 Å². The monoisotopic (exact) mass is 588 g/mol. The number of carbonyl (C=O) groups is 1. The third-order valence-electron chi connectivity index (χ3n) is 4.86. The van der Waals surface area contributed by atoms with E-state index in [1.54, 1.807) is 36.4 Å². The van der Waals surface area contributed by atoms with E-state index in [1.807, 2.05) is 6.92 Å². The molecule has 0 unspecified atom stereocenters. The summed E-state index contributed by atoms with van der Waals surface area (Å²) in [5, 5.41) is 10.8. The highest BCUT2D eigenvalue weighted by Crippen LogP contribution is 2.36. The lowest BCUT2D eigenvalue weighted by Crippen LogP contribution is -2.05. The quantitative estimate of drug-likeness (QED) is 0.111. The first-order valence-electron chi connectivity index (χ1n) is 10.4. The predicted molar refractivity (Wildman–Crippen MR) is 135 cm³/mol. The minimum Gasteiger partial charge on any atom is -0.490 e. The van der Waals surface area contributed by atoms with Gasteiger partial charge in [-0.15, -0.1) is 0 Å². The first kappa shape index (κ1) is 24.3. The summed E-state index contributed by atoms with van der Waals surface area (Å²) < 4.78 is 31.2. The summed E-state index contributed by atoms with van der Waals surface area (Å²) in [5.74, 6) is -0.0991. The van der Waals surface area contributed by atoms with Crippen LogP contribution in [0.3, 0.4) is 0 Å². The molecule has 0 radical (unpaired) electrons. The lowest BCUT2D eigenvalue weighted by atomic mass is 10.1. The lowest BCUT2D eigenvalue weighted by Gasteiger charge is -2.15. The Morgan fingerprint density at radius 1 is 1.14 bits per heavy atom. The number of nitrogens with zero attached hydrogens (tertiary/aromatic N) is 2. The van der Waals surface area contributed by atoms with E-state index in [4.69, 9.17) is 14.2 Å². The van der Waals surface area contributed by atoms with Crippen molar-refractivity contribution in [3.8, 4) is 11.5 Å². The van der Waals surface area contributed by atoms with Gasteiger partial charge in [-0.2, -0.15) is 0 Å². The van der Waals surface area contributed by atoms with Gasteiger partial charge in [0, 0.05) is 17.7 Å². The van der Waals surface area contributed by atoms with Crippen LogP contribution in [0.15, 0.2) is 71.4 Å². The second kappa shape index (κ2) is 10.6. The Hall–Kier alpha value is -3.80. The molecule has 4 rings (SSSR count). The minimum atomic E-state index is -0.643. The fourth-order valence-corrected chi connectivity index (χ4v) is 4.04. The molecule has 0 saturated heterocycles. The Morgan fingerprint density at radius 2 is 1.91 bits per heavy atom. The standard InChI is InChI=1S/C25H18FIN2O6/c1-2-33-22-12-16(11-21-25(30)35-24(28-21)17-4-3-5-18(26)13-17)10-20(27)23(22)34-14-15-6-8-19(9-7-15)29(31)32/h3-13H,2,14H2,1H3/b21-11-. The summed E-state index contributed by atoms with van der Waals surface area (Å²) >= 11 is 2.10. The molecule has 3 aromatic carbocycles. The Labute approximate surface area is 213 Å². The Kier molecular flexibility index (Phi) is 7.39. The molecule has 178 valence electrons. The van der Waals surface area contributed by atoms with E-state index in [9.17, 15) is 19.3 Å². The Balaban J connectivity index is 1.58. The highest BCUT2D eigenvalue weighted by atomic mass is 127. The first-order valence-corrected chi connectivity index (χ1v) is 11.5.